The quantitative estimate of drug-likeness (QED) is 0.231. The predicted molar refractivity (Wildman–Crippen MR) is 131 cm³/mol. The molecule has 7 N–H and O–H groups in total. The van der Waals surface area contributed by atoms with Crippen molar-refractivity contribution in [3.05, 3.63) is 59.8 Å². The van der Waals surface area contributed by atoms with Crippen LogP contribution in [0.4, 0.5) is 11.4 Å². The molecule has 0 aliphatic carbocycles. The summed E-state index contributed by atoms with van der Waals surface area (Å²) in [5.41, 5.74) is 16.5. The average Bonchev–Trinajstić information content (AvgIpc) is 3.34. The van der Waals surface area contributed by atoms with Gasteiger partial charge in [-0.3, -0.25) is 4.79 Å². The standard InChI is InChI=1S/C24H29N7O/c1-13(2)10-21(30-31-24(25)26)16-5-7-19-18(11-16)14(3)22(29-19)23(32)28-17-6-4-15-8-9-27-20(15)12-17/h4-9,11-14,22,27,29H,10H2,1-3H3,(H,28,32)(H4,25,26,31)/b30-21-. The first-order chi connectivity index (χ1) is 15.3. The van der Waals surface area contributed by atoms with Crippen LogP contribution in [-0.2, 0) is 4.79 Å². The number of carbonyl (C=O) groups excluding carboxylic acids is 1. The van der Waals surface area contributed by atoms with Crippen LogP contribution in [-0.4, -0.2) is 28.6 Å². The molecule has 166 valence electrons. The molecule has 0 fully saturated rings. The maximum Gasteiger partial charge on any atom is 0.247 e. The highest BCUT2D eigenvalue weighted by Gasteiger charge is 2.34. The number of anilines is 2. The summed E-state index contributed by atoms with van der Waals surface area (Å²) in [6.45, 7) is 6.29. The second-order valence-electron chi connectivity index (χ2n) is 8.65. The van der Waals surface area contributed by atoms with Crippen molar-refractivity contribution in [2.75, 3.05) is 10.6 Å². The molecule has 0 radical (unpaired) electrons. The lowest BCUT2D eigenvalue weighted by atomic mass is 9.92. The Morgan fingerprint density at radius 2 is 1.94 bits per heavy atom. The highest BCUT2D eigenvalue weighted by atomic mass is 16.2. The zero-order valence-electron chi connectivity index (χ0n) is 18.5. The van der Waals surface area contributed by atoms with Crippen molar-refractivity contribution < 1.29 is 4.79 Å². The molecule has 1 aliphatic rings. The number of nitrogens with two attached hydrogens (primary N) is 2. The molecule has 2 unspecified atom stereocenters. The topological polar surface area (TPSA) is 134 Å². The Morgan fingerprint density at radius 1 is 1.12 bits per heavy atom. The third kappa shape index (κ3) is 4.44. The van der Waals surface area contributed by atoms with Crippen molar-refractivity contribution in [2.45, 2.75) is 39.2 Å². The molecule has 0 saturated heterocycles. The number of hydrogen-bond donors (Lipinski definition) is 5. The van der Waals surface area contributed by atoms with Gasteiger partial charge in [0.1, 0.15) is 6.04 Å². The number of H-pyrrole nitrogens is 1. The van der Waals surface area contributed by atoms with Crippen LogP contribution in [0.25, 0.3) is 10.9 Å². The van der Waals surface area contributed by atoms with Crippen LogP contribution in [0.2, 0.25) is 0 Å². The molecule has 8 nitrogen and oxygen atoms in total. The fourth-order valence-electron chi connectivity index (χ4n) is 4.08. The summed E-state index contributed by atoms with van der Waals surface area (Å²) in [5.74, 6) is 0.235. The molecule has 2 aromatic carbocycles. The molecule has 2 heterocycles. The molecule has 0 bridgehead atoms. The van der Waals surface area contributed by atoms with Gasteiger partial charge >= 0.3 is 0 Å². The number of nitrogens with zero attached hydrogens (tertiary/aromatic N) is 2. The van der Waals surface area contributed by atoms with E-state index in [0.29, 0.717) is 5.92 Å². The van der Waals surface area contributed by atoms with Crippen molar-refractivity contribution in [3.8, 4) is 0 Å². The van der Waals surface area contributed by atoms with Crippen molar-refractivity contribution in [1.82, 2.24) is 4.98 Å². The molecule has 0 saturated carbocycles. The number of aromatic nitrogens is 1. The lowest BCUT2D eigenvalue weighted by Crippen LogP contribution is -2.34. The zero-order valence-corrected chi connectivity index (χ0v) is 18.5. The van der Waals surface area contributed by atoms with Crippen LogP contribution in [0.3, 0.4) is 0 Å². The van der Waals surface area contributed by atoms with Crippen LogP contribution in [0.1, 0.15) is 44.2 Å². The van der Waals surface area contributed by atoms with Gasteiger partial charge in [-0.15, -0.1) is 5.10 Å². The Balaban J connectivity index is 1.55. The van der Waals surface area contributed by atoms with Crippen LogP contribution in [0, 0.1) is 5.92 Å². The highest BCUT2D eigenvalue weighted by molar-refractivity contribution is 6.03. The summed E-state index contributed by atoms with van der Waals surface area (Å²) in [6, 6.07) is 13.5. The Morgan fingerprint density at radius 3 is 2.69 bits per heavy atom. The summed E-state index contributed by atoms with van der Waals surface area (Å²) in [5, 5.41) is 15.6. The molecule has 32 heavy (non-hydrogen) atoms. The molecule has 8 heteroatoms. The van der Waals surface area contributed by atoms with Crippen molar-refractivity contribution in [1.29, 1.82) is 0 Å². The van der Waals surface area contributed by atoms with Gasteiger partial charge in [-0.2, -0.15) is 5.10 Å². The average molecular weight is 432 g/mol. The van der Waals surface area contributed by atoms with E-state index in [1.54, 1.807) is 0 Å². The van der Waals surface area contributed by atoms with Gasteiger partial charge in [-0.25, -0.2) is 0 Å². The van der Waals surface area contributed by atoms with Gasteiger partial charge in [-0.05, 0) is 59.2 Å². The van der Waals surface area contributed by atoms with Gasteiger partial charge in [0.25, 0.3) is 0 Å². The molecule has 1 amide bonds. The summed E-state index contributed by atoms with van der Waals surface area (Å²) >= 11 is 0. The highest BCUT2D eigenvalue weighted by Crippen LogP contribution is 2.37. The number of benzene rings is 2. The number of amides is 1. The Labute approximate surface area is 187 Å². The van der Waals surface area contributed by atoms with E-state index in [0.717, 1.165) is 45.5 Å². The minimum Gasteiger partial charge on any atom is -0.373 e. The Hall–Kier alpha value is -3.81. The normalized spacial score (nSPS) is 17.8. The molecule has 2 atom stereocenters. The Bertz CT molecular complexity index is 1200. The second kappa shape index (κ2) is 8.74. The first kappa shape index (κ1) is 21.4. The van der Waals surface area contributed by atoms with Gasteiger partial charge < -0.3 is 27.1 Å². The number of nitrogens with one attached hydrogen (secondary N) is 3. The summed E-state index contributed by atoms with van der Waals surface area (Å²) in [7, 11) is 0. The van der Waals surface area contributed by atoms with Crippen LogP contribution in [0.15, 0.2) is 58.9 Å². The number of guanidine groups is 1. The summed E-state index contributed by atoms with van der Waals surface area (Å²) < 4.78 is 0. The van der Waals surface area contributed by atoms with Crippen LogP contribution in [0.5, 0.6) is 0 Å². The zero-order chi connectivity index (χ0) is 22.8. The van der Waals surface area contributed by atoms with E-state index >= 15 is 0 Å². The molecule has 0 spiro atoms. The molecule has 4 rings (SSSR count). The molecular formula is C24H29N7O. The molecular weight excluding hydrogens is 402 g/mol. The number of fused-ring (bicyclic) bond motifs is 2. The van der Waals surface area contributed by atoms with Crippen LogP contribution < -0.4 is 22.1 Å². The van der Waals surface area contributed by atoms with E-state index in [4.69, 9.17) is 11.5 Å². The first-order valence-electron chi connectivity index (χ1n) is 10.8. The maximum atomic E-state index is 13.1. The summed E-state index contributed by atoms with van der Waals surface area (Å²) in [4.78, 5) is 16.2. The van der Waals surface area contributed by atoms with E-state index in [2.05, 4.69) is 52.7 Å². The van der Waals surface area contributed by atoms with Gasteiger partial charge in [0.2, 0.25) is 11.9 Å². The second-order valence-corrected chi connectivity index (χ2v) is 8.65. The van der Waals surface area contributed by atoms with E-state index in [1.807, 2.05) is 42.6 Å². The van der Waals surface area contributed by atoms with Gasteiger partial charge in [-0.1, -0.05) is 32.9 Å². The predicted octanol–water partition coefficient (Wildman–Crippen LogP) is 3.73. The number of rotatable bonds is 6. The first-order valence-corrected chi connectivity index (χ1v) is 10.8. The Kier molecular flexibility index (Phi) is 5.85. The number of aromatic amines is 1. The largest absolute Gasteiger partial charge is 0.373 e. The third-order valence-electron chi connectivity index (χ3n) is 5.68. The third-order valence-corrected chi connectivity index (χ3v) is 5.68. The monoisotopic (exact) mass is 431 g/mol. The van der Waals surface area contributed by atoms with Gasteiger partial charge in [0, 0.05) is 29.0 Å². The number of hydrogen-bond acceptors (Lipinski definition) is 4. The van der Waals surface area contributed by atoms with E-state index in [9.17, 15) is 4.79 Å². The fourth-order valence-corrected chi connectivity index (χ4v) is 4.08. The van der Waals surface area contributed by atoms with E-state index in [-0.39, 0.29) is 23.8 Å². The van der Waals surface area contributed by atoms with Crippen molar-refractivity contribution >= 4 is 39.9 Å². The van der Waals surface area contributed by atoms with Crippen LogP contribution >= 0.6 is 0 Å². The van der Waals surface area contributed by atoms with E-state index in [1.165, 1.54) is 0 Å². The fraction of sp³-hybridized carbons (Fsp3) is 0.292. The lowest BCUT2D eigenvalue weighted by Gasteiger charge is -2.16. The number of carbonyl (C=O) groups is 1. The van der Waals surface area contributed by atoms with E-state index < -0.39 is 0 Å². The maximum absolute atomic E-state index is 13.1. The smallest absolute Gasteiger partial charge is 0.247 e. The molecule has 3 aromatic rings. The molecule has 1 aromatic heterocycles. The minimum atomic E-state index is -0.372. The van der Waals surface area contributed by atoms with Crippen molar-refractivity contribution in [3.63, 3.8) is 0 Å². The SMILES string of the molecule is CC(C)C/C(=N/N=C(N)N)c1ccc2c(c1)C(C)C(C(=O)Nc1ccc3cc[nH]c3c1)N2. The summed E-state index contributed by atoms with van der Waals surface area (Å²) in [6.07, 6.45) is 2.62. The molecule has 1 aliphatic heterocycles. The van der Waals surface area contributed by atoms with Gasteiger partial charge in [0.05, 0.1) is 5.71 Å². The lowest BCUT2D eigenvalue weighted by molar-refractivity contribution is -0.117. The van der Waals surface area contributed by atoms with Crippen molar-refractivity contribution in [2.24, 2.45) is 27.6 Å². The van der Waals surface area contributed by atoms with Gasteiger partial charge in [0.15, 0.2) is 0 Å². The minimum absolute atomic E-state index is 0.0115.